The molecule has 1 aromatic heterocycles. The summed E-state index contributed by atoms with van der Waals surface area (Å²) >= 11 is 1.07. The van der Waals surface area contributed by atoms with Crippen molar-refractivity contribution in [3.05, 3.63) is 60.6 Å². The SMILES string of the molecule is C=CCN(CC=C)S(=O)(=O)c1ccc(NC(=O)c2csnn2)cc1. The number of rotatable bonds is 8. The van der Waals surface area contributed by atoms with Crippen LogP contribution in [-0.4, -0.2) is 41.3 Å². The predicted molar refractivity (Wildman–Crippen MR) is 93.5 cm³/mol. The Morgan fingerprint density at radius 1 is 1.21 bits per heavy atom. The van der Waals surface area contributed by atoms with Crippen LogP contribution >= 0.6 is 11.5 Å². The first kappa shape index (κ1) is 18.0. The Balaban J connectivity index is 2.17. The molecule has 24 heavy (non-hydrogen) atoms. The zero-order valence-electron chi connectivity index (χ0n) is 12.8. The minimum Gasteiger partial charge on any atom is -0.321 e. The third-order valence-electron chi connectivity index (χ3n) is 3.01. The summed E-state index contributed by atoms with van der Waals surface area (Å²) in [5.74, 6) is -0.403. The molecule has 0 unspecified atom stereocenters. The topological polar surface area (TPSA) is 92.3 Å². The Morgan fingerprint density at radius 2 is 1.83 bits per heavy atom. The number of carbonyl (C=O) groups is 1. The van der Waals surface area contributed by atoms with Gasteiger partial charge in [0.1, 0.15) is 0 Å². The van der Waals surface area contributed by atoms with Gasteiger partial charge < -0.3 is 5.32 Å². The number of hydrogen-bond acceptors (Lipinski definition) is 6. The van der Waals surface area contributed by atoms with Gasteiger partial charge in [0.25, 0.3) is 5.91 Å². The minimum atomic E-state index is -3.66. The van der Waals surface area contributed by atoms with E-state index in [-0.39, 0.29) is 23.7 Å². The van der Waals surface area contributed by atoms with E-state index in [2.05, 4.69) is 28.1 Å². The molecule has 1 heterocycles. The van der Waals surface area contributed by atoms with Crippen LogP contribution in [0.15, 0.2) is 59.9 Å². The first-order valence-corrected chi connectivity index (χ1v) is 9.17. The van der Waals surface area contributed by atoms with E-state index in [1.807, 2.05) is 0 Å². The monoisotopic (exact) mass is 364 g/mol. The van der Waals surface area contributed by atoms with E-state index in [1.165, 1.54) is 46.1 Å². The third-order valence-corrected chi connectivity index (χ3v) is 5.36. The van der Waals surface area contributed by atoms with Crippen molar-refractivity contribution in [2.24, 2.45) is 0 Å². The second-order valence-corrected chi connectivity index (χ2v) is 7.22. The fourth-order valence-electron chi connectivity index (χ4n) is 1.88. The second kappa shape index (κ2) is 7.95. The molecule has 0 aliphatic rings. The summed E-state index contributed by atoms with van der Waals surface area (Å²) < 4.78 is 30.0. The van der Waals surface area contributed by atoms with Crippen LogP contribution < -0.4 is 5.32 Å². The number of carbonyl (C=O) groups excluding carboxylic acids is 1. The summed E-state index contributed by atoms with van der Waals surface area (Å²) in [7, 11) is -3.66. The van der Waals surface area contributed by atoms with Crippen LogP contribution in [-0.2, 0) is 10.0 Å². The molecule has 0 spiro atoms. The first-order chi connectivity index (χ1) is 11.5. The summed E-state index contributed by atoms with van der Waals surface area (Å²) in [6, 6.07) is 5.90. The van der Waals surface area contributed by atoms with Crippen molar-refractivity contribution < 1.29 is 13.2 Å². The number of sulfonamides is 1. The molecule has 0 fully saturated rings. The lowest BCUT2D eigenvalue weighted by Gasteiger charge is -2.19. The van der Waals surface area contributed by atoms with E-state index >= 15 is 0 Å². The fraction of sp³-hybridized carbons (Fsp3) is 0.133. The lowest BCUT2D eigenvalue weighted by atomic mass is 10.3. The molecule has 7 nitrogen and oxygen atoms in total. The number of nitrogens with one attached hydrogen (secondary N) is 1. The van der Waals surface area contributed by atoms with Gasteiger partial charge in [0, 0.05) is 24.2 Å². The van der Waals surface area contributed by atoms with Crippen molar-refractivity contribution in [3.63, 3.8) is 0 Å². The highest BCUT2D eigenvalue weighted by molar-refractivity contribution is 7.89. The number of benzene rings is 1. The molecule has 0 saturated carbocycles. The van der Waals surface area contributed by atoms with Gasteiger partial charge in [0.15, 0.2) is 5.69 Å². The Labute approximate surface area is 144 Å². The van der Waals surface area contributed by atoms with Gasteiger partial charge in [-0.05, 0) is 35.8 Å². The number of hydrogen-bond donors (Lipinski definition) is 1. The van der Waals surface area contributed by atoms with Gasteiger partial charge in [-0.25, -0.2) is 8.42 Å². The van der Waals surface area contributed by atoms with Crippen LogP contribution in [0.3, 0.4) is 0 Å². The molecule has 0 bridgehead atoms. The van der Waals surface area contributed by atoms with Gasteiger partial charge in [-0.2, -0.15) is 4.31 Å². The standard InChI is InChI=1S/C15H16N4O3S2/c1-3-9-19(10-4-2)24(21,22)13-7-5-12(6-8-13)16-15(20)14-11-23-18-17-14/h3-8,11H,1-2,9-10H2,(H,16,20). The smallest absolute Gasteiger partial charge is 0.277 e. The van der Waals surface area contributed by atoms with Gasteiger partial charge in [0.2, 0.25) is 10.0 Å². The Bertz CT molecular complexity index is 805. The van der Waals surface area contributed by atoms with Crippen molar-refractivity contribution in [2.75, 3.05) is 18.4 Å². The summed E-state index contributed by atoms with van der Waals surface area (Å²) in [6.45, 7) is 7.49. The zero-order chi connectivity index (χ0) is 17.6. The van der Waals surface area contributed by atoms with Gasteiger partial charge >= 0.3 is 0 Å². The highest BCUT2D eigenvalue weighted by atomic mass is 32.2. The van der Waals surface area contributed by atoms with E-state index in [4.69, 9.17) is 0 Å². The molecule has 1 aromatic carbocycles. The minimum absolute atomic E-state index is 0.125. The molecule has 9 heteroatoms. The van der Waals surface area contributed by atoms with Crippen molar-refractivity contribution in [2.45, 2.75) is 4.90 Å². The van der Waals surface area contributed by atoms with Crippen molar-refractivity contribution in [1.82, 2.24) is 13.9 Å². The van der Waals surface area contributed by atoms with Crippen LogP contribution in [0.2, 0.25) is 0 Å². The highest BCUT2D eigenvalue weighted by Crippen LogP contribution is 2.19. The quantitative estimate of drug-likeness (QED) is 0.725. The molecule has 0 atom stereocenters. The molecular weight excluding hydrogens is 348 g/mol. The van der Waals surface area contributed by atoms with E-state index < -0.39 is 15.9 Å². The lowest BCUT2D eigenvalue weighted by Crippen LogP contribution is -2.31. The number of aromatic nitrogens is 2. The van der Waals surface area contributed by atoms with Crippen molar-refractivity contribution >= 4 is 33.2 Å². The Morgan fingerprint density at radius 3 is 2.33 bits per heavy atom. The molecule has 1 amide bonds. The number of nitrogens with zero attached hydrogens (tertiary/aromatic N) is 3. The molecule has 1 N–H and O–H groups in total. The predicted octanol–water partition coefficient (Wildman–Crippen LogP) is 2.15. The molecule has 2 rings (SSSR count). The molecule has 126 valence electrons. The fourth-order valence-corrected chi connectivity index (χ4v) is 3.69. The average Bonchev–Trinajstić information content (AvgIpc) is 3.10. The maximum atomic E-state index is 12.6. The number of amides is 1. The zero-order valence-corrected chi connectivity index (χ0v) is 14.4. The molecular formula is C15H16N4O3S2. The van der Waals surface area contributed by atoms with E-state index in [9.17, 15) is 13.2 Å². The van der Waals surface area contributed by atoms with Gasteiger partial charge in [-0.3, -0.25) is 4.79 Å². The maximum Gasteiger partial charge on any atom is 0.277 e. The summed E-state index contributed by atoms with van der Waals surface area (Å²) in [5, 5.41) is 7.82. The lowest BCUT2D eigenvalue weighted by molar-refractivity contribution is 0.102. The highest BCUT2D eigenvalue weighted by Gasteiger charge is 2.22. The maximum absolute atomic E-state index is 12.6. The summed E-state index contributed by atoms with van der Waals surface area (Å²) in [5.41, 5.74) is 0.672. The molecule has 2 aromatic rings. The van der Waals surface area contributed by atoms with Crippen LogP contribution in [0.4, 0.5) is 5.69 Å². The van der Waals surface area contributed by atoms with Gasteiger partial charge in [0.05, 0.1) is 4.90 Å². The normalized spacial score (nSPS) is 11.2. The second-order valence-electron chi connectivity index (χ2n) is 4.67. The third kappa shape index (κ3) is 4.13. The van der Waals surface area contributed by atoms with Crippen molar-refractivity contribution in [3.8, 4) is 0 Å². The van der Waals surface area contributed by atoms with Crippen LogP contribution in [0.5, 0.6) is 0 Å². The number of anilines is 1. The molecule has 0 radical (unpaired) electrons. The molecule has 0 aliphatic carbocycles. The van der Waals surface area contributed by atoms with E-state index in [0.717, 1.165) is 11.5 Å². The van der Waals surface area contributed by atoms with Crippen molar-refractivity contribution in [1.29, 1.82) is 0 Å². The first-order valence-electron chi connectivity index (χ1n) is 6.89. The van der Waals surface area contributed by atoms with Gasteiger partial charge in [-0.15, -0.1) is 18.3 Å². The molecule has 0 saturated heterocycles. The molecule has 0 aliphatic heterocycles. The van der Waals surface area contributed by atoms with Gasteiger partial charge in [-0.1, -0.05) is 16.6 Å². The Hall–Kier alpha value is -2.36. The average molecular weight is 364 g/mol. The van der Waals surface area contributed by atoms with Crippen LogP contribution in [0.1, 0.15) is 10.5 Å². The van der Waals surface area contributed by atoms with E-state index in [0.29, 0.717) is 5.69 Å². The van der Waals surface area contributed by atoms with E-state index in [1.54, 1.807) is 0 Å². The summed E-state index contributed by atoms with van der Waals surface area (Å²) in [6.07, 6.45) is 3.02. The summed E-state index contributed by atoms with van der Waals surface area (Å²) in [4.78, 5) is 12.0. The Kier molecular flexibility index (Phi) is 5.96. The van der Waals surface area contributed by atoms with Crippen LogP contribution in [0, 0.1) is 0 Å². The largest absolute Gasteiger partial charge is 0.321 e. The van der Waals surface area contributed by atoms with Crippen LogP contribution in [0.25, 0.3) is 0 Å².